The van der Waals surface area contributed by atoms with Crippen molar-refractivity contribution < 1.29 is 13.2 Å². The van der Waals surface area contributed by atoms with Gasteiger partial charge in [-0.1, -0.05) is 0 Å². The summed E-state index contributed by atoms with van der Waals surface area (Å²) in [4.78, 5) is 4.41. The molecule has 7 heteroatoms. The van der Waals surface area contributed by atoms with Gasteiger partial charge in [0.2, 0.25) is 5.95 Å². The first kappa shape index (κ1) is 17.0. The number of hydrogen-bond acceptors (Lipinski definition) is 5. The van der Waals surface area contributed by atoms with E-state index in [1.165, 1.54) is 6.26 Å². The Morgan fingerprint density at radius 1 is 1.40 bits per heavy atom. The average molecular weight is 303 g/mol. The van der Waals surface area contributed by atoms with Crippen LogP contribution in [0.4, 0.5) is 5.95 Å². The van der Waals surface area contributed by atoms with E-state index in [0.29, 0.717) is 13.0 Å². The molecule has 0 amide bonds. The summed E-state index contributed by atoms with van der Waals surface area (Å²) in [5.41, 5.74) is 0.927. The van der Waals surface area contributed by atoms with Crippen molar-refractivity contribution in [1.82, 2.24) is 9.55 Å². The first-order valence-electron chi connectivity index (χ1n) is 6.95. The molecule has 0 saturated carbocycles. The number of hydrogen-bond donors (Lipinski definition) is 1. The highest BCUT2D eigenvalue weighted by atomic mass is 32.2. The molecule has 0 aliphatic carbocycles. The third kappa shape index (κ3) is 6.91. The van der Waals surface area contributed by atoms with Gasteiger partial charge in [0.25, 0.3) is 0 Å². The fraction of sp³-hybridized carbons (Fsp3) is 0.769. The van der Waals surface area contributed by atoms with Gasteiger partial charge in [-0.05, 0) is 26.7 Å². The summed E-state index contributed by atoms with van der Waals surface area (Å²) in [5.74, 6) is 1.00. The van der Waals surface area contributed by atoms with Gasteiger partial charge in [0.05, 0.1) is 11.4 Å². The maximum Gasteiger partial charge on any atom is 0.203 e. The lowest BCUT2D eigenvalue weighted by Crippen LogP contribution is -2.12. The Balaban J connectivity index is 2.42. The van der Waals surface area contributed by atoms with Gasteiger partial charge < -0.3 is 14.6 Å². The molecule has 0 aliphatic rings. The second-order valence-electron chi connectivity index (χ2n) is 4.86. The van der Waals surface area contributed by atoms with Crippen molar-refractivity contribution in [3.05, 3.63) is 11.9 Å². The summed E-state index contributed by atoms with van der Waals surface area (Å²) in [6, 6.07) is 0. The van der Waals surface area contributed by atoms with Crippen LogP contribution in [0.25, 0.3) is 0 Å². The van der Waals surface area contributed by atoms with E-state index >= 15 is 0 Å². The molecule has 0 atom stereocenters. The highest BCUT2D eigenvalue weighted by Gasteiger charge is 2.07. The zero-order valence-electron chi connectivity index (χ0n) is 12.6. The predicted octanol–water partition coefficient (Wildman–Crippen LogP) is 1.46. The molecule has 1 aromatic heterocycles. The molecular weight excluding hydrogens is 278 g/mol. The third-order valence-corrected chi connectivity index (χ3v) is 3.79. The molecule has 1 aromatic rings. The van der Waals surface area contributed by atoms with Crippen molar-refractivity contribution in [3.63, 3.8) is 0 Å². The van der Waals surface area contributed by atoms with Crippen LogP contribution in [0, 0.1) is 6.92 Å². The van der Waals surface area contributed by atoms with E-state index in [4.69, 9.17) is 4.74 Å². The number of anilines is 1. The Labute approximate surface area is 121 Å². The summed E-state index contributed by atoms with van der Waals surface area (Å²) in [5, 5.41) is 3.26. The Bertz CT molecular complexity index is 497. The maximum atomic E-state index is 11.1. The van der Waals surface area contributed by atoms with Gasteiger partial charge in [-0.15, -0.1) is 0 Å². The van der Waals surface area contributed by atoms with Crippen LogP contribution in [0.2, 0.25) is 0 Å². The smallest absolute Gasteiger partial charge is 0.203 e. The standard InChI is InChI=1S/C13H25N3O3S/c1-4-19-9-5-7-14-13-15-12(2)11-16(13)8-6-10-20(3,17)18/h11H,4-10H2,1-3H3,(H,14,15). The van der Waals surface area contributed by atoms with Crippen molar-refractivity contribution >= 4 is 15.8 Å². The molecule has 0 aromatic carbocycles. The van der Waals surface area contributed by atoms with Crippen molar-refractivity contribution in [2.24, 2.45) is 0 Å². The molecular formula is C13H25N3O3S. The molecule has 0 unspecified atom stereocenters. The van der Waals surface area contributed by atoms with Crippen LogP contribution in [0.15, 0.2) is 6.20 Å². The Morgan fingerprint density at radius 2 is 2.15 bits per heavy atom. The summed E-state index contributed by atoms with van der Waals surface area (Å²) >= 11 is 0. The largest absolute Gasteiger partial charge is 0.382 e. The van der Waals surface area contributed by atoms with Crippen LogP contribution in [-0.2, 0) is 21.1 Å². The van der Waals surface area contributed by atoms with E-state index in [-0.39, 0.29) is 5.75 Å². The fourth-order valence-corrected chi connectivity index (χ4v) is 2.53. The lowest BCUT2D eigenvalue weighted by Gasteiger charge is -2.09. The number of ether oxygens (including phenoxy) is 1. The predicted molar refractivity (Wildman–Crippen MR) is 80.9 cm³/mol. The van der Waals surface area contributed by atoms with E-state index < -0.39 is 9.84 Å². The second kappa shape index (κ2) is 8.26. The van der Waals surface area contributed by atoms with Gasteiger partial charge in [-0.3, -0.25) is 0 Å². The van der Waals surface area contributed by atoms with E-state index in [1.807, 2.05) is 24.6 Å². The lowest BCUT2D eigenvalue weighted by atomic mass is 10.4. The van der Waals surface area contributed by atoms with Crippen LogP contribution in [0.1, 0.15) is 25.5 Å². The minimum absolute atomic E-state index is 0.202. The molecule has 1 N–H and O–H groups in total. The molecule has 6 nitrogen and oxygen atoms in total. The summed E-state index contributed by atoms with van der Waals surface area (Å²) in [6.45, 7) is 6.82. The van der Waals surface area contributed by atoms with Crippen molar-refractivity contribution in [3.8, 4) is 0 Å². The number of nitrogens with zero attached hydrogens (tertiary/aromatic N) is 2. The lowest BCUT2D eigenvalue weighted by molar-refractivity contribution is 0.147. The number of sulfone groups is 1. The number of rotatable bonds is 10. The van der Waals surface area contributed by atoms with Crippen LogP contribution < -0.4 is 5.32 Å². The summed E-state index contributed by atoms with van der Waals surface area (Å²) in [7, 11) is -2.90. The molecule has 0 radical (unpaired) electrons. The first-order valence-corrected chi connectivity index (χ1v) is 9.01. The van der Waals surface area contributed by atoms with Gasteiger partial charge in [0, 0.05) is 38.8 Å². The van der Waals surface area contributed by atoms with Crippen molar-refractivity contribution in [1.29, 1.82) is 0 Å². The molecule has 0 saturated heterocycles. The van der Waals surface area contributed by atoms with Gasteiger partial charge >= 0.3 is 0 Å². The first-order chi connectivity index (χ1) is 9.42. The quantitative estimate of drug-likeness (QED) is 0.663. The normalized spacial score (nSPS) is 11.8. The van der Waals surface area contributed by atoms with Gasteiger partial charge in [0.15, 0.2) is 0 Å². The minimum Gasteiger partial charge on any atom is -0.382 e. The SMILES string of the molecule is CCOCCCNc1nc(C)cn1CCCS(C)(=O)=O. The van der Waals surface area contributed by atoms with Crippen LogP contribution in [0.5, 0.6) is 0 Å². The van der Waals surface area contributed by atoms with Gasteiger partial charge in [0.1, 0.15) is 9.84 Å². The highest BCUT2D eigenvalue weighted by molar-refractivity contribution is 7.90. The van der Waals surface area contributed by atoms with Crippen molar-refractivity contribution in [2.45, 2.75) is 33.2 Å². The average Bonchev–Trinajstić information content (AvgIpc) is 2.68. The van der Waals surface area contributed by atoms with Gasteiger partial charge in [-0.2, -0.15) is 0 Å². The highest BCUT2D eigenvalue weighted by Crippen LogP contribution is 2.09. The molecule has 0 spiro atoms. The Morgan fingerprint density at radius 3 is 2.80 bits per heavy atom. The number of nitrogens with one attached hydrogen (secondary N) is 1. The zero-order chi connectivity index (χ0) is 15.0. The molecule has 0 bridgehead atoms. The van der Waals surface area contributed by atoms with Crippen LogP contribution >= 0.6 is 0 Å². The third-order valence-electron chi connectivity index (χ3n) is 2.76. The fourth-order valence-electron chi connectivity index (χ4n) is 1.87. The number of imidazole rings is 1. The second-order valence-corrected chi connectivity index (χ2v) is 7.12. The molecule has 116 valence electrons. The molecule has 0 aliphatic heterocycles. The monoisotopic (exact) mass is 303 g/mol. The topological polar surface area (TPSA) is 73.2 Å². The van der Waals surface area contributed by atoms with E-state index in [1.54, 1.807) is 0 Å². The molecule has 0 fully saturated rings. The van der Waals surface area contributed by atoms with Crippen LogP contribution in [0.3, 0.4) is 0 Å². The van der Waals surface area contributed by atoms with E-state index in [2.05, 4.69) is 10.3 Å². The van der Waals surface area contributed by atoms with Crippen LogP contribution in [-0.4, -0.2) is 49.7 Å². The Kier molecular flexibility index (Phi) is 7.01. The number of aromatic nitrogens is 2. The van der Waals surface area contributed by atoms with Crippen molar-refractivity contribution in [2.75, 3.05) is 37.1 Å². The molecule has 20 heavy (non-hydrogen) atoms. The Hall–Kier alpha value is -1.08. The van der Waals surface area contributed by atoms with Gasteiger partial charge in [-0.25, -0.2) is 13.4 Å². The minimum atomic E-state index is -2.90. The summed E-state index contributed by atoms with van der Waals surface area (Å²) in [6.07, 6.45) is 4.72. The number of aryl methyl sites for hydroxylation is 2. The van der Waals surface area contributed by atoms with E-state index in [0.717, 1.165) is 37.8 Å². The molecule has 1 heterocycles. The maximum absolute atomic E-state index is 11.1. The summed E-state index contributed by atoms with van der Waals surface area (Å²) < 4.78 is 29.5. The molecule has 1 rings (SSSR count). The zero-order valence-corrected chi connectivity index (χ0v) is 13.4. The van der Waals surface area contributed by atoms with E-state index in [9.17, 15) is 8.42 Å².